The second-order valence-electron chi connectivity index (χ2n) is 6.42. The molecule has 0 N–H and O–H groups in total. The molecular formula is C18H18FN5O2. The zero-order valence-corrected chi connectivity index (χ0v) is 14.3. The van der Waals surface area contributed by atoms with E-state index in [4.69, 9.17) is 0 Å². The molecule has 134 valence electrons. The molecule has 8 heteroatoms. The fourth-order valence-electron chi connectivity index (χ4n) is 3.43. The molecular weight excluding hydrogens is 337 g/mol. The minimum absolute atomic E-state index is 0.215. The summed E-state index contributed by atoms with van der Waals surface area (Å²) in [5.41, 5.74) is 1.02. The molecule has 1 saturated heterocycles. The Balaban J connectivity index is 1.74. The SMILES string of the molecule is CN1c2nc(-c3cccc(F)c3)ncc2N(C(=O)N2CCCC2)C1C=O. The maximum atomic E-state index is 13.5. The van der Waals surface area contributed by atoms with E-state index >= 15 is 0 Å². The van der Waals surface area contributed by atoms with Crippen LogP contribution in [0.4, 0.5) is 20.7 Å². The average Bonchev–Trinajstić information content (AvgIpc) is 3.28. The second kappa shape index (κ2) is 6.36. The van der Waals surface area contributed by atoms with Crippen molar-refractivity contribution >= 4 is 23.8 Å². The van der Waals surface area contributed by atoms with Crippen molar-refractivity contribution in [1.29, 1.82) is 0 Å². The summed E-state index contributed by atoms with van der Waals surface area (Å²) in [6, 6.07) is 5.78. The van der Waals surface area contributed by atoms with E-state index in [1.54, 1.807) is 29.0 Å². The summed E-state index contributed by atoms with van der Waals surface area (Å²) in [6.45, 7) is 1.37. The largest absolute Gasteiger partial charge is 0.331 e. The maximum absolute atomic E-state index is 13.5. The number of rotatable bonds is 2. The van der Waals surface area contributed by atoms with Crippen LogP contribution in [0.5, 0.6) is 0 Å². The van der Waals surface area contributed by atoms with Gasteiger partial charge >= 0.3 is 6.03 Å². The van der Waals surface area contributed by atoms with Crippen LogP contribution in [0.1, 0.15) is 12.8 Å². The smallest absolute Gasteiger partial charge is 0.326 e. The molecule has 4 rings (SSSR count). The Morgan fingerprint density at radius 2 is 2.08 bits per heavy atom. The van der Waals surface area contributed by atoms with Crippen LogP contribution >= 0.6 is 0 Å². The third kappa shape index (κ3) is 2.58. The number of benzene rings is 1. The molecule has 26 heavy (non-hydrogen) atoms. The summed E-state index contributed by atoms with van der Waals surface area (Å²) < 4.78 is 13.5. The number of fused-ring (bicyclic) bond motifs is 1. The first-order valence-electron chi connectivity index (χ1n) is 8.49. The van der Waals surface area contributed by atoms with Gasteiger partial charge in [-0.25, -0.2) is 19.2 Å². The van der Waals surface area contributed by atoms with Crippen molar-refractivity contribution in [3.63, 3.8) is 0 Å². The van der Waals surface area contributed by atoms with E-state index in [0.29, 0.717) is 36.0 Å². The van der Waals surface area contributed by atoms with E-state index in [1.807, 2.05) is 0 Å². The molecule has 3 heterocycles. The molecule has 7 nitrogen and oxygen atoms in total. The Hall–Kier alpha value is -3.03. The van der Waals surface area contributed by atoms with Crippen molar-refractivity contribution < 1.29 is 14.0 Å². The number of amides is 2. The number of likely N-dealkylation sites (tertiary alicyclic amines) is 1. The predicted molar refractivity (Wildman–Crippen MR) is 94.4 cm³/mol. The minimum Gasteiger partial charge on any atom is -0.331 e. The van der Waals surface area contributed by atoms with Gasteiger partial charge in [0, 0.05) is 25.7 Å². The van der Waals surface area contributed by atoms with Crippen molar-refractivity contribution in [3.8, 4) is 11.4 Å². The molecule has 1 atom stereocenters. The number of carbonyl (C=O) groups excluding carboxylic acids is 2. The van der Waals surface area contributed by atoms with Gasteiger partial charge in [-0.3, -0.25) is 9.69 Å². The zero-order chi connectivity index (χ0) is 18.3. The fourth-order valence-corrected chi connectivity index (χ4v) is 3.43. The molecule has 1 aromatic carbocycles. The molecule has 2 aliphatic heterocycles. The van der Waals surface area contributed by atoms with E-state index in [9.17, 15) is 14.0 Å². The topological polar surface area (TPSA) is 69.6 Å². The Morgan fingerprint density at radius 3 is 2.77 bits per heavy atom. The molecule has 1 aromatic heterocycles. The van der Waals surface area contributed by atoms with E-state index in [1.165, 1.54) is 23.2 Å². The van der Waals surface area contributed by atoms with Crippen molar-refractivity contribution in [3.05, 3.63) is 36.3 Å². The lowest BCUT2D eigenvalue weighted by molar-refractivity contribution is -0.108. The van der Waals surface area contributed by atoms with Gasteiger partial charge in [0.1, 0.15) is 11.5 Å². The minimum atomic E-state index is -0.768. The zero-order valence-electron chi connectivity index (χ0n) is 14.3. The number of hydrogen-bond acceptors (Lipinski definition) is 5. The summed E-state index contributed by atoms with van der Waals surface area (Å²) in [6.07, 6.45) is 3.40. The molecule has 2 amide bonds. The number of likely N-dealkylation sites (N-methyl/N-ethyl adjacent to an activating group) is 1. The third-order valence-electron chi connectivity index (χ3n) is 4.79. The summed E-state index contributed by atoms with van der Waals surface area (Å²) in [4.78, 5) is 38.1. The lowest BCUT2D eigenvalue weighted by Gasteiger charge is -2.28. The Kier molecular flexibility index (Phi) is 4.02. The maximum Gasteiger partial charge on any atom is 0.326 e. The van der Waals surface area contributed by atoms with Gasteiger partial charge in [0.2, 0.25) is 0 Å². The van der Waals surface area contributed by atoms with Crippen LogP contribution in [-0.2, 0) is 4.79 Å². The monoisotopic (exact) mass is 355 g/mol. The standard InChI is InChI=1S/C18H18FN5O2/c1-22-15(11-25)24(18(26)23-7-2-3-8-23)14-10-20-16(21-17(14)22)12-5-4-6-13(19)9-12/h4-6,9-11,15H,2-3,7-8H2,1H3. The van der Waals surface area contributed by atoms with Crippen LogP contribution in [-0.4, -0.2) is 53.5 Å². The Labute approximate surface area is 150 Å². The van der Waals surface area contributed by atoms with E-state index in [2.05, 4.69) is 9.97 Å². The Morgan fingerprint density at radius 1 is 1.31 bits per heavy atom. The molecule has 0 radical (unpaired) electrons. The second-order valence-corrected chi connectivity index (χ2v) is 6.42. The van der Waals surface area contributed by atoms with Gasteiger partial charge in [0.05, 0.1) is 6.20 Å². The summed E-state index contributed by atoms with van der Waals surface area (Å²) in [7, 11) is 1.71. The van der Waals surface area contributed by atoms with Crippen LogP contribution in [0.2, 0.25) is 0 Å². The first-order valence-corrected chi connectivity index (χ1v) is 8.49. The van der Waals surface area contributed by atoms with Gasteiger partial charge < -0.3 is 9.80 Å². The molecule has 0 saturated carbocycles. The number of aldehydes is 1. The van der Waals surface area contributed by atoms with E-state index < -0.39 is 6.17 Å². The number of anilines is 2. The van der Waals surface area contributed by atoms with Gasteiger partial charge in [0.25, 0.3) is 0 Å². The van der Waals surface area contributed by atoms with Gasteiger partial charge in [-0.05, 0) is 25.0 Å². The van der Waals surface area contributed by atoms with Gasteiger partial charge in [0.15, 0.2) is 24.1 Å². The van der Waals surface area contributed by atoms with Crippen LogP contribution in [0.25, 0.3) is 11.4 Å². The summed E-state index contributed by atoms with van der Waals surface area (Å²) in [5, 5.41) is 0. The first-order chi connectivity index (χ1) is 12.6. The highest BCUT2D eigenvalue weighted by molar-refractivity contribution is 6.03. The quantitative estimate of drug-likeness (QED) is 0.773. The first kappa shape index (κ1) is 16.4. The molecule has 0 aliphatic carbocycles. The normalized spacial score (nSPS) is 19.0. The molecule has 0 spiro atoms. The number of aromatic nitrogens is 2. The fraction of sp³-hybridized carbons (Fsp3) is 0.333. The van der Waals surface area contributed by atoms with Crippen LogP contribution in [0.15, 0.2) is 30.5 Å². The highest BCUT2D eigenvalue weighted by atomic mass is 19.1. The highest BCUT2D eigenvalue weighted by Gasteiger charge is 2.41. The van der Waals surface area contributed by atoms with Crippen molar-refractivity contribution in [2.75, 3.05) is 29.9 Å². The summed E-state index contributed by atoms with van der Waals surface area (Å²) in [5.74, 6) is 0.440. The molecule has 1 unspecified atom stereocenters. The summed E-state index contributed by atoms with van der Waals surface area (Å²) >= 11 is 0. The lowest BCUT2D eigenvalue weighted by atomic mass is 10.2. The predicted octanol–water partition coefficient (Wildman–Crippen LogP) is 2.28. The number of urea groups is 1. The van der Waals surface area contributed by atoms with E-state index in [0.717, 1.165) is 19.1 Å². The third-order valence-corrected chi connectivity index (χ3v) is 4.79. The highest BCUT2D eigenvalue weighted by Crippen LogP contribution is 2.38. The number of hydrogen-bond donors (Lipinski definition) is 0. The van der Waals surface area contributed by atoms with Crippen LogP contribution in [0.3, 0.4) is 0 Å². The van der Waals surface area contributed by atoms with Gasteiger partial charge in [-0.15, -0.1) is 0 Å². The molecule has 2 aromatic rings. The van der Waals surface area contributed by atoms with Crippen LogP contribution < -0.4 is 9.80 Å². The molecule has 0 bridgehead atoms. The average molecular weight is 355 g/mol. The van der Waals surface area contributed by atoms with Gasteiger partial charge in [-0.2, -0.15) is 0 Å². The number of carbonyl (C=O) groups is 2. The van der Waals surface area contributed by atoms with Crippen molar-refractivity contribution in [2.45, 2.75) is 19.0 Å². The van der Waals surface area contributed by atoms with Gasteiger partial charge in [-0.1, -0.05) is 12.1 Å². The number of halogens is 1. The van der Waals surface area contributed by atoms with Crippen LogP contribution in [0, 0.1) is 5.82 Å². The van der Waals surface area contributed by atoms with Crippen molar-refractivity contribution in [2.24, 2.45) is 0 Å². The van der Waals surface area contributed by atoms with E-state index in [-0.39, 0.29) is 11.8 Å². The number of nitrogens with zero attached hydrogens (tertiary/aromatic N) is 5. The van der Waals surface area contributed by atoms with Crippen molar-refractivity contribution in [1.82, 2.24) is 14.9 Å². The molecule has 1 fully saturated rings. The lowest BCUT2D eigenvalue weighted by Crippen LogP contribution is -2.50. The Bertz CT molecular complexity index is 868. The molecule has 2 aliphatic rings.